The number of benzene rings is 1. The second-order valence-electron chi connectivity index (χ2n) is 8.03. The molecule has 0 radical (unpaired) electrons. The van der Waals surface area contributed by atoms with Crippen LogP contribution >= 0.6 is 23.1 Å². The summed E-state index contributed by atoms with van der Waals surface area (Å²) < 4.78 is 2.34. The quantitative estimate of drug-likeness (QED) is 0.466. The molecule has 3 aromatic rings. The van der Waals surface area contributed by atoms with Crippen molar-refractivity contribution in [2.24, 2.45) is 0 Å². The van der Waals surface area contributed by atoms with Crippen molar-refractivity contribution in [1.82, 2.24) is 19.7 Å². The van der Waals surface area contributed by atoms with E-state index in [1.807, 2.05) is 35.7 Å². The first kappa shape index (κ1) is 20.5. The first-order valence-corrected chi connectivity index (χ1v) is 12.7. The third-order valence-corrected chi connectivity index (χ3v) is 7.46. The normalized spacial score (nSPS) is 16.5. The Hall–Kier alpha value is -2.39. The van der Waals surface area contributed by atoms with Crippen LogP contribution in [0.15, 0.2) is 40.9 Å². The van der Waals surface area contributed by atoms with Gasteiger partial charge in [-0.3, -0.25) is 14.3 Å². The van der Waals surface area contributed by atoms with Gasteiger partial charge >= 0.3 is 0 Å². The number of carbonyl (C=O) groups excluding carboxylic acids is 1. The van der Waals surface area contributed by atoms with E-state index in [-0.39, 0.29) is 5.91 Å². The van der Waals surface area contributed by atoms with E-state index in [1.54, 1.807) is 23.6 Å². The zero-order valence-corrected chi connectivity index (χ0v) is 19.2. The molecule has 31 heavy (non-hydrogen) atoms. The molecule has 5 rings (SSSR count). The molecule has 1 aromatic carbocycles. The van der Waals surface area contributed by atoms with Gasteiger partial charge in [0.15, 0.2) is 10.3 Å². The minimum absolute atomic E-state index is 0.0422. The first-order chi connectivity index (χ1) is 15.2. The summed E-state index contributed by atoms with van der Waals surface area (Å²) >= 11 is 3.18. The van der Waals surface area contributed by atoms with Crippen LogP contribution in [0.4, 0.5) is 16.8 Å². The highest BCUT2D eigenvalue weighted by Crippen LogP contribution is 2.42. The van der Waals surface area contributed by atoms with Crippen LogP contribution < -0.4 is 9.80 Å². The largest absolute Gasteiger partial charge is 0.341 e. The highest BCUT2D eigenvalue weighted by molar-refractivity contribution is 7.98. The van der Waals surface area contributed by atoms with Crippen LogP contribution in [0, 0.1) is 0 Å². The maximum Gasteiger partial charge on any atom is 0.230 e. The molecule has 2 aliphatic rings. The molecule has 0 atom stereocenters. The lowest BCUT2D eigenvalue weighted by Gasteiger charge is -2.27. The van der Waals surface area contributed by atoms with E-state index >= 15 is 0 Å². The number of hydrogen-bond acceptors (Lipinski definition) is 7. The Kier molecular flexibility index (Phi) is 5.95. The number of anilines is 3. The molecular formula is C22H26N6OS2. The van der Waals surface area contributed by atoms with Crippen molar-refractivity contribution < 1.29 is 4.79 Å². The molecule has 1 saturated heterocycles. The monoisotopic (exact) mass is 454 g/mol. The zero-order valence-electron chi connectivity index (χ0n) is 17.6. The number of rotatable bonds is 7. The SMILES string of the molecule is CC(=O)N(c1ccccc1)c1nc(CSc2nnc(N3CCCCC3)n2C2CC2)cs1. The fourth-order valence-corrected chi connectivity index (χ4v) is 5.82. The van der Waals surface area contributed by atoms with Crippen molar-refractivity contribution in [2.45, 2.75) is 56.0 Å². The summed E-state index contributed by atoms with van der Waals surface area (Å²) in [5.74, 6) is 1.71. The fourth-order valence-electron chi connectivity index (χ4n) is 3.94. The number of thiazole rings is 1. The second kappa shape index (κ2) is 9.00. The molecule has 0 unspecified atom stereocenters. The van der Waals surface area contributed by atoms with Crippen molar-refractivity contribution in [2.75, 3.05) is 22.9 Å². The Labute approximate surface area is 190 Å². The molecule has 9 heteroatoms. The Morgan fingerprint density at radius 3 is 2.65 bits per heavy atom. The molecule has 1 aliphatic carbocycles. The highest BCUT2D eigenvalue weighted by Gasteiger charge is 2.32. The van der Waals surface area contributed by atoms with E-state index < -0.39 is 0 Å². The third kappa shape index (κ3) is 4.48. The maximum absolute atomic E-state index is 12.3. The molecule has 162 valence electrons. The molecule has 0 spiro atoms. The predicted octanol–water partition coefficient (Wildman–Crippen LogP) is 5.04. The van der Waals surface area contributed by atoms with Gasteiger partial charge in [-0.2, -0.15) is 0 Å². The van der Waals surface area contributed by atoms with Gasteiger partial charge in [0.2, 0.25) is 11.9 Å². The Bertz CT molecular complexity index is 1040. The predicted molar refractivity (Wildman–Crippen MR) is 125 cm³/mol. The lowest BCUT2D eigenvalue weighted by Crippen LogP contribution is -2.31. The third-order valence-electron chi connectivity index (χ3n) is 5.61. The van der Waals surface area contributed by atoms with Crippen molar-refractivity contribution in [3.8, 4) is 0 Å². The van der Waals surface area contributed by atoms with Crippen LogP contribution in [0.25, 0.3) is 0 Å². The number of nitrogens with zero attached hydrogens (tertiary/aromatic N) is 6. The van der Waals surface area contributed by atoms with Crippen LogP contribution in [-0.2, 0) is 10.5 Å². The zero-order chi connectivity index (χ0) is 21.2. The number of hydrogen-bond donors (Lipinski definition) is 0. The molecule has 2 aromatic heterocycles. The van der Waals surface area contributed by atoms with Gasteiger partial charge in [-0.15, -0.1) is 21.5 Å². The summed E-state index contributed by atoms with van der Waals surface area (Å²) in [7, 11) is 0. The molecule has 7 nitrogen and oxygen atoms in total. The number of piperidine rings is 1. The summed E-state index contributed by atoms with van der Waals surface area (Å²) in [4.78, 5) is 21.1. The Balaban J connectivity index is 1.32. The molecule has 2 fully saturated rings. The molecule has 0 N–H and O–H groups in total. The van der Waals surface area contributed by atoms with Crippen molar-refractivity contribution in [1.29, 1.82) is 0 Å². The molecule has 1 aliphatic heterocycles. The molecular weight excluding hydrogens is 428 g/mol. The van der Waals surface area contributed by atoms with Crippen LogP contribution in [0.5, 0.6) is 0 Å². The van der Waals surface area contributed by atoms with Crippen molar-refractivity contribution in [3.63, 3.8) is 0 Å². The number of carbonyl (C=O) groups is 1. The number of amides is 1. The standard InChI is InChI=1S/C22H26N6OS2/c1-16(29)27(18-8-4-2-5-9-18)21-23-17(14-30-21)15-31-22-25-24-20(28(22)19-10-11-19)26-12-6-3-7-13-26/h2,4-5,8-9,14,19H,3,6-7,10-13,15H2,1H3. The maximum atomic E-state index is 12.3. The van der Waals surface area contributed by atoms with Crippen molar-refractivity contribution in [3.05, 3.63) is 41.4 Å². The van der Waals surface area contributed by atoms with E-state index in [2.05, 4.69) is 19.7 Å². The summed E-state index contributed by atoms with van der Waals surface area (Å²) in [5.41, 5.74) is 1.79. The first-order valence-electron chi connectivity index (χ1n) is 10.8. The van der Waals surface area contributed by atoms with Crippen LogP contribution in [0.3, 0.4) is 0 Å². The van der Waals surface area contributed by atoms with Gasteiger partial charge in [-0.1, -0.05) is 30.0 Å². The lowest BCUT2D eigenvalue weighted by atomic mass is 10.1. The van der Waals surface area contributed by atoms with Gasteiger partial charge in [0.05, 0.1) is 11.4 Å². The van der Waals surface area contributed by atoms with E-state index in [0.717, 1.165) is 35.6 Å². The van der Waals surface area contributed by atoms with E-state index in [4.69, 9.17) is 4.98 Å². The minimum atomic E-state index is -0.0422. The van der Waals surface area contributed by atoms with Gasteiger partial charge in [-0.25, -0.2) is 4.98 Å². The molecule has 1 amide bonds. The van der Waals surface area contributed by atoms with Crippen LogP contribution in [-0.4, -0.2) is 38.7 Å². The minimum Gasteiger partial charge on any atom is -0.341 e. The smallest absolute Gasteiger partial charge is 0.230 e. The van der Waals surface area contributed by atoms with Crippen LogP contribution in [0.2, 0.25) is 0 Å². The fraction of sp³-hybridized carbons (Fsp3) is 0.455. The van der Waals surface area contributed by atoms with E-state index in [9.17, 15) is 4.79 Å². The summed E-state index contributed by atoms with van der Waals surface area (Å²) in [6.07, 6.45) is 6.18. The molecule has 1 saturated carbocycles. The van der Waals surface area contributed by atoms with Gasteiger partial charge in [-0.05, 0) is 44.2 Å². The lowest BCUT2D eigenvalue weighted by molar-refractivity contribution is -0.115. The second-order valence-corrected chi connectivity index (χ2v) is 9.81. The summed E-state index contributed by atoms with van der Waals surface area (Å²) in [6, 6.07) is 10.2. The molecule has 3 heterocycles. The summed E-state index contributed by atoms with van der Waals surface area (Å²) in [6.45, 7) is 3.72. The van der Waals surface area contributed by atoms with Gasteiger partial charge in [0.1, 0.15) is 0 Å². The van der Waals surface area contributed by atoms with Gasteiger partial charge < -0.3 is 4.90 Å². The average Bonchev–Trinajstić information content (AvgIpc) is 3.37. The number of aromatic nitrogens is 4. The highest BCUT2D eigenvalue weighted by atomic mass is 32.2. The van der Waals surface area contributed by atoms with Crippen LogP contribution in [0.1, 0.15) is 50.8 Å². The van der Waals surface area contributed by atoms with Gasteiger partial charge in [0.25, 0.3) is 0 Å². The van der Waals surface area contributed by atoms with E-state index in [1.165, 1.54) is 43.4 Å². The number of para-hydroxylation sites is 1. The average molecular weight is 455 g/mol. The Morgan fingerprint density at radius 1 is 1.16 bits per heavy atom. The Morgan fingerprint density at radius 2 is 1.94 bits per heavy atom. The topological polar surface area (TPSA) is 67.2 Å². The summed E-state index contributed by atoms with van der Waals surface area (Å²) in [5, 5.41) is 12.8. The number of thioether (sulfide) groups is 1. The van der Waals surface area contributed by atoms with Crippen molar-refractivity contribution >= 4 is 45.8 Å². The molecule has 0 bridgehead atoms. The van der Waals surface area contributed by atoms with E-state index in [0.29, 0.717) is 16.9 Å². The van der Waals surface area contributed by atoms with Gasteiger partial charge in [0, 0.05) is 37.2 Å².